The summed E-state index contributed by atoms with van der Waals surface area (Å²) in [7, 11) is 1.64. The van der Waals surface area contributed by atoms with Crippen LogP contribution in [0.5, 0.6) is 5.75 Å². The number of nitrogens with zero attached hydrogens (tertiary/aromatic N) is 1. The Labute approximate surface area is 140 Å². The minimum absolute atomic E-state index is 0.00731. The Morgan fingerprint density at radius 3 is 2.71 bits per heavy atom. The molecule has 1 aromatic heterocycles. The molecule has 2 aromatic carbocycles. The van der Waals surface area contributed by atoms with E-state index in [1.807, 2.05) is 54.6 Å². The first-order valence-electron chi connectivity index (χ1n) is 7.77. The van der Waals surface area contributed by atoms with E-state index in [2.05, 4.69) is 15.5 Å². The molecule has 0 aliphatic heterocycles. The number of hydrogen-bond acceptors (Lipinski definition) is 3. The lowest BCUT2D eigenvalue weighted by Crippen LogP contribution is -2.12. The minimum atomic E-state index is -0.00731. The number of amides is 1. The molecule has 0 aliphatic rings. The van der Waals surface area contributed by atoms with Gasteiger partial charge in [-0.05, 0) is 47.9 Å². The molecular formula is C19H19N3O2. The van der Waals surface area contributed by atoms with Gasteiger partial charge in [-0.3, -0.25) is 9.89 Å². The number of methoxy groups -OCH3 is 1. The van der Waals surface area contributed by atoms with E-state index in [9.17, 15) is 4.79 Å². The second-order valence-electron chi connectivity index (χ2n) is 5.45. The molecule has 24 heavy (non-hydrogen) atoms. The first kappa shape index (κ1) is 15.8. The summed E-state index contributed by atoms with van der Waals surface area (Å²) in [6.07, 6.45) is 2.81. The average Bonchev–Trinajstić information content (AvgIpc) is 3.15. The third kappa shape index (κ3) is 4.01. The first-order valence-corrected chi connectivity index (χ1v) is 7.77. The molecule has 0 radical (unpaired) electrons. The molecule has 2 N–H and O–H groups in total. The van der Waals surface area contributed by atoms with Crippen LogP contribution in [0, 0.1) is 0 Å². The van der Waals surface area contributed by atoms with Crippen LogP contribution in [0.2, 0.25) is 0 Å². The van der Waals surface area contributed by atoms with Gasteiger partial charge in [0.1, 0.15) is 5.75 Å². The molecule has 0 saturated carbocycles. The first-order chi connectivity index (χ1) is 11.7. The lowest BCUT2D eigenvalue weighted by atomic mass is 10.1. The van der Waals surface area contributed by atoms with E-state index in [-0.39, 0.29) is 5.91 Å². The average molecular weight is 321 g/mol. The zero-order valence-electron chi connectivity index (χ0n) is 13.5. The van der Waals surface area contributed by atoms with Gasteiger partial charge in [0, 0.05) is 18.3 Å². The van der Waals surface area contributed by atoms with Gasteiger partial charge in [0.2, 0.25) is 5.91 Å². The number of nitrogens with one attached hydrogen (secondary N) is 2. The van der Waals surface area contributed by atoms with Crippen molar-refractivity contribution in [1.29, 1.82) is 0 Å². The molecule has 5 heteroatoms. The Bertz CT molecular complexity index is 796. The van der Waals surface area contributed by atoms with Crippen molar-refractivity contribution in [3.05, 3.63) is 66.4 Å². The molecule has 122 valence electrons. The summed E-state index contributed by atoms with van der Waals surface area (Å²) in [5.41, 5.74) is 3.85. The van der Waals surface area contributed by atoms with Gasteiger partial charge >= 0.3 is 0 Å². The zero-order chi connectivity index (χ0) is 16.8. The summed E-state index contributed by atoms with van der Waals surface area (Å²) in [6.45, 7) is 0. The second kappa shape index (κ2) is 7.46. The molecule has 5 nitrogen and oxygen atoms in total. The summed E-state index contributed by atoms with van der Waals surface area (Å²) < 4.78 is 5.19. The highest BCUT2D eigenvalue weighted by Crippen LogP contribution is 2.19. The number of anilines is 1. The van der Waals surface area contributed by atoms with Gasteiger partial charge in [-0.25, -0.2) is 0 Å². The maximum absolute atomic E-state index is 12.1. The van der Waals surface area contributed by atoms with Crippen LogP contribution in [0.4, 0.5) is 5.69 Å². The van der Waals surface area contributed by atoms with Crippen molar-refractivity contribution in [2.45, 2.75) is 12.8 Å². The normalized spacial score (nSPS) is 10.4. The van der Waals surface area contributed by atoms with Crippen LogP contribution in [-0.4, -0.2) is 23.2 Å². The van der Waals surface area contributed by atoms with Crippen molar-refractivity contribution in [3.63, 3.8) is 0 Å². The van der Waals surface area contributed by atoms with Crippen LogP contribution in [0.1, 0.15) is 12.0 Å². The fraction of sp³-hybridized carbons (Fsp3) is 0.158. The van der Waals surface area contributed by atoms with E-state index in [1.54, 1.807) is 13.3 Å². The lowest BCUT2D eigenvalue weighted by Gasteiger charge is -2.07. The lowest BCUT2D eigenvalue weighted by molar-refractivity contribution is -0.116. The van der Waals surface area contributed by atoms with Crippen molar-refractivity contribution in [3.8, 4) is 17.0 Å². The van der Waals surface area contributed by atoms with Crippen molar-refractivity contribution >= 4 is 11.6 Å². The number of aryl methyl sites for hydroxylation is 1. The number of carbonyl (C=O) groups excluding carboxylic acids is 1. The molecule has 0 spiro atoms. The van der Waals surface area contributed by atoms with Crippen LogP contribution in [0.15, 0.2) is 60.8 Å². The number of benzene rings is 2. The number of H-pyrrole nitrogens is 1. The molecule has 0 fully saturated rings. The van der Waals surface area contributed by atoms with E-state index in [1.165, 1.54) is 0 Å². The molecule has 3 rings (SSSR count). The van der Waals surface area contributed by atoms with Crippen LogP contribution in [-0.2, 0) is 11.2 Å². The van der Waals surface area contributed by atoms with Gasteiger partial charge in [0.15, 0.2) is 0 Å². The van der Waals surface area contributed by atoms with Gasteiger partial charge in [-0.15, -0.1) is 0 Å². The van der Waals surface area contributed by atoms with E-state index in [0.29, 0.717) is 12.8 Å². The Morgan fingerprint density at radius 1 is 1.17 bits per heavy atom. The van der Waals surface area contributed by atoms with Gasteiger partial charge < -0.3 is 10.1 Å². The minimum Gasteiger partial charge on any atom is -0.497 e. The van der Waals surface area contributed by atoms with Gasteiger partial charge in [0.25, 0.3) is 0 Å². The number of ether oxygens (including phenoxy) is 1. The molecule has 0 bridgehead atoms. The van der Waals surface area contributed by atoms with Crippen molar-refractivity contribution in [2.75, 3.05) is 12.4 Å². The van der Waals surface area contributed by atoms with Crippen LogP contribution >= 0.6 is 0 Å². The quantitative estimate of drug-likeness (QED) is 0.728. The summed E-state index contributed by atoms with van der Waals surface area (Å²) in [6, 6.07) is 17.4. The largest absolute Gasteiger partial charge is 0.497 e. The molecule has 1 amide bonds. The maximum atomic E-state index is 12.1. The Balaban J connectivity index is 1.54. The predicted molar refractivity (Wildman–Crippen MR) is 94.0 cm³/mol. The highest BCUT2D eigenvalue weighted by molar-refractivity contribution is 5.91. The Kier molecular flexibility index (Phi) is 4.91. The smallest absolute Gasteiger partial charge is 0.224 e. The molecule has 0 saturated heterocycles. The van der Waals surface area contributed by atoms with E-state index in [0.717, 1.165) is 28.3 Å². The highest BCUT2D eigenvalue weighted by atomic mass is 16.5. The number of carbonyl (C=O) groups is 1. The van der Waals surface area contributed by atoms with Crippen LogP contribution in [0.25, 0.3) is 11.3 Å². The summed E-state index contributed by atoms with van der Waals surface area (Å²) in [5, 5.41) is 9.76. The van der Waals surface area contributed by atoms with Crippen molar-refractivity contribution in [2.24, 2.45) is 0 Å². The fourth-order valence-corrected chi connectivity index (χ4v) is 2.46. The molecule has 0 atom stereocenters. The third-order valence-electron chi connectivity index (χ3n) is 3.76. The van der Waals surface area contributed by atoms with Crippen LogP contribution < -0.4 is 10.1 Å². The van der Waals surface area contributed by atoms with E-state index < -0.39 is 0 Å². The Hall–Kier alpha value is -3.08. The topological polar surface area (TPSA) is 67.0 Å². The number of rotatable bonds is 6. The van der Waals surface area contributed by atoms with Gasteiger partial charge in [-0.2, -0.15) is 5.10 Å². The third-order valence-corrected chi connectivity index (χ3v) is 3.76. The van der Waals surface area contributed by atoms with Gasteiger partial charge in [0.05, 0.1) is 12.8 Å². The highest BCUT2D eigenvalue weighted by Gasteiger charge is 2.05. The SMILES string of the molecule is COc1cccc(CCC(=O)Nc2ccc(-c3ccn[nH]3)cc2)c1. The zero-order valence-corrected chi connectivity index (χ0v) is 13.5. The standard InChI is InChI=1S/C19H19N3O2/c1-24-17-4-2-3-14(13-17)5-10-19(23)21-16-8-6-15(7-9-16)18-11-12-20-22-18/h2-4,6-9,11-13H,5,10H2,1H3,(H,20,22)(H,21,23). The Morgan fingerprint density at radius 2 is 2.00 bits per heavy atom. The summed E-state index contributed by atoms with van der Waals surface area (Å²) in [4.78, 5) is 12.1. The number of aromatic amines is 1. The van der Waals surface area contributed by atoms with E-state index in [4.69, 9.17) is 4.74 Å². The van der Waals surface area contributed by atoms with Crippen molar-refractivity contribution in [1.82, 2.24) is 10.2 Å². The molecule has 0 unspecified atom stereocenters. The maximum Gasteiger partial charge on any atom is 0.224 e. The molecular weight excluding hydrogens is 302 g/mol. The molecule has 0 aliphatic carbocycles. The molecule has 1 heterocycles. The second-order valence-corrected chi connectivity index (χ2v) is 5.45. The predicted octanol–water partition coefficient (Wildman–Crippen LogP) is 3.66. The molecule has 3 aromatic rings. The monoisotopic (exact) mass is 321 g/mol. The summed E-state index contributed by atoms with van der Waals surface area (Å²) in [5.74, 6) is 0.800. The van der Waals surface area contributed by atoms with Crippen molar-refractivity contribution < 1.29 is 9.53 Å². The van der Waals surface area contributed by atoms with Crippen LogP contribution in [0.3, 0.4) is 0 Å². The summed E-state index contributed by atoms with van der Waals surface area (Å²) >= 11 is 0. The number of aromatic nitrogens is 2. The fourth-order valence-electron chi connectivity index (χ4n) is 2.46. The van der Waals surface area contributed by atoms with Gasteiger partial charge in [-0.1, -0.05) is 24.3 Å². The van der Waals surface area contributed by atoms with E-state index >= 15 is 0 Å². The number of hydrogen-bond donors (Lipinski definition) is 2.